The second kappa shape index (κ2) is 14.6. The number of nitrogens with one attached hydrogen (secondary N) is 2. The van der Waals surface area contributed by atoms with E-state index in [2.05, 4.69) is 15.6 Å². The zero-order chi connectivity index (χ0) is 20.2. The third kappa shape index (κ3) is 9.77. The molecule has 2 rings (SSSR count). The number of hydrogen-bond acceptors (Lipinski definition) is 4. The normalized spacial score (nSPS) is 16.2. The van der Waals surface area contributed by atoms with Crippen LogP contribution in [0.15, 0.2) is 29.3 Å². The molecule has 1 atom stereocenters. The molecule has 1 aromatic rings. The monoisotopic (exact) mass is 518 g/mol. The first-order valence-corrected chi connectivity index (χ1v) is 10.1. The van der Waals surface area contributed by atoms with Crippen LogP contribution in [-0.2, 0) is 16.0 Å². The van der Waals surface area contributed by atoms with E-state index in [4.69, 9.17) is 9.47 Å². The molecule has 1 fully saturated rings. The van der Waals surface area contributed by atoms with Crippen molar-refractivity contribution in [3.63, 3.8) is 0 Å². The Bertz CT molecular complexity index is 617. The topological polar surface area (TPSA) is 75.2 Å². The number of halogens is 1. The van der Waals surface area contributed by atoms with Gasteiger partial charge in [-0.1, -0.05) is 12.1 Å². The summed E-state index contributed by atoms with van der Waals surface area (Å²) in [6.45, 7) is 6.48. The highest BCUT2D eigenvalue weighted by molar-refractivity contribution is 14.0. The van der Waals surface area contributed by atoms with Gasteiger partial charge in [-0.05, 0) is 43.9 Å². The standard InChI is InChI=1S/C21H34N4O3.HI/c1-4-22-21(23-12-6-13-27-16-19-7-5-14-28-19)24-15-17-8-10-18(11-9-17)20(26)25(2)3;/h8-11,19H,4-7,12-16H2,1-3H3,(H2,22,23,24);1H. The lowest BCUT2D eigenvalue weighted by Crippen LogP contribution is -2.38. The van der Waals surface area contributed by atoms with E-state index in [1.807, 2.05) is 31.2 Å². The van der Waals surface area contributed by atoms with Crippen molar-refractivity contribution in [2.45, 2.75) is 38.8 Å². The Kier molecular flexibility index (Phi) is 12.9. The van der Waals surface area contributed by atoms with Crippen LogP contribution >= 0.6 is 24.0 Å². The van der Waals surface area contributed by atoms with Crippen LogP contribution in [0.5, 0.6) is 0 Å². The molecule has 1 saturated heterocycles. The highest BCUT2D eigenvalue weighted by Gasteiger charge is 2.14. The molecule has 1 amide bonds. The molecule has 0 saturated carbocycles. The zero-order valence-electron chi connectivity index (χ0n) is 17.8. The summed E-state index contributed by atoms with van der Waals surface area (Å²) < 4.78 is 11.2. The Morgan fingerprint density at radius 2 is 2.03 bits per heavy atom. The minimum absolute atomic E-state index is 0. The minimum Gasteiger partial charge on any atom is -0.379 e. The quantitative estimate of drug-likeness (QED) is 0.216. The fourth-order valence-electron chi connectivity index (χ4n) is 2.89. The Labute approximate surface area is 191 Å². The predicted octanol–water partition coefficient (Wildman–Crippen LogP) is 2.65. The van der Waals surface area contributed by atoms with Crippen molar-refractivity contribution in [3.05, 3.63) is 35.4 Å². The second-order valence-electron chi connectivity index (χ2n) is 7.08. The maximum absolute atomic E-state index is 11.9. The Balaban J connectivity index is 0.00000420. The highest BCUT2D eigenvalue weighted by atomic mass is 127. The van der Waals surface area contributed by atoms with Gasteiger partial charge in [0.2, 0.25) is 0 Å². The van der Waals surface area contributed by atoms with Crippen LogP contribution in [-0.4, -0.2) is 69.9 Å². The molecule has 2 N–H and O–H groups in total. The Morgan fingerprint density at radius 1 is 1.28 bits per heavy atom. The molecule has 0 aromatic heterocycles. The molecule has 1 heterocycles. The molecule has 29 heavy (non-hydrogen) atoms. The van der Waals surface area contributed by atoms with E-state index < -0.39 is 0 Å². The first-order chi connectivity index (χ1) is 13.6. The van der Waals surface area contributed by atoms with Crippen molar-refractivity contribution in [3.8, 4) is 0 Å². The molecule has 7 nitrogen and oxygen atoms in total. The summed E-state index contributed by atoms with van der Waals surface area (Å²) in [4.78, 5) is 18.1. The third-order valence-corrected chi connectivity index (χ3v) is 4.46. The van der Waals surface area contributed by atoms with Crippen molar-refractivity contribution < 1.29 is 14.3 Å². The third-order valence-electron chi connectivity index (χ3n) is 4.46. The molecule has 1 aliphatic heterocycles. The van der Waals surface area contributed by atoms with Gasteiger partial charge >= 0.3 is 0 Å². The van der Waals surface area contributed by atoms with Crippen LogP contribution in [0.25, 0.3) is 0 Å². The molecule has 0 radical (unpaired) electrons. The Hall–Kier alpha value is -1.39. The van der Waals surface area contributed by atoms with E-state index in [1.54, 1.807) is 19.0 Å². The maximum Gasteiger partial charge on any atom is 0.253 e. The lowest BCUT2D eigenvalue weighted by molar-refractivity contribution is 0.0168. The van der Waals surface area contributed by atoms with Gasteiger partial charge in [0.15, 0.2) is 5.96 Å². The van der Waals surface area contributed by atoms with Gasteiger partial charge in [-0.15, -0.1) is 24.0 Å². The summed E-state index contributed by atoms with van der Waals surface area (Å²) in [5, 5.41) is 6.58. The summed E-state index contributed by atoms with van der Waals surface area (Å²) in [5.41, 5.74) is 1.75. The molecule has 0 aliphatic carbocycles. The van der Waals surface area contributed by atoms with E-state index in [0.29, 0.717) is 25.3 Å². The number of nitrogens with zero attached hydrogens (tertiary/aromatic N) is 2. The van der Waals surface area contributed by atoms with E-state index in [9.17, 15) is 4.79 Å². The number of benzene rings is 1. The second-order valence-corrected chi connectivity index (χ2v) is 7.08. The smallest absolute Gasteiger partial charge is 0.253 e. The molecule has 164 valence electrons. The van der Waals surface area contributed by atoms with Gasteiger partial charge in [-0.3, -0.25) is 4.79 Å². The van der Waals surface area contributed by atoms with Crippen molar-refractivity contribution >= 4 is 35.8 Å². The van der Waals surface area contributed by atoms with Crippen molar-refractivity contribution in [1.29, 1.82) is 0 Å². The fraction of sp³-hybridized carbons (Fsp3) is 0.619. The number of ether oxygens (including phenoxy) is 2. The average Bonchev–Trinajstić information content (AvgIpc) is 3.22. The first kappa shape index (κ1) is 25.6. The van der Waals surface area contributed by atoms with E-state index in [1.165, 1.54) is 0 Å². The van der Waals surface area contributed by atoms with Crippen LogP contribution in [0.2, 0.25) is 0 Å². The Morgan fingerprint density at radius 3 is 2.66 bits per heavy atom. The average molecular weight is 518 g/mol. The number of carbonyl (C=O) groups excluding carboxylic acids is 1. The van der Waals surface area contributed by atoms with Gasteiger partial charge in [-0.2, -0.15) is 0 Å². The molecular weight excluding hydrogens is 483 g/mol. The van der Waals surface area contributed by atoms with Crippen LogP contribution in [0.4, 0.5) is 0 Å². The SMILES string of the molecule is CCNC(=NCc1ccc(C(=O)N(C)C)cc1)NCCCOCC1CCCO1.I. The molecular formula is C21H35IN4O3. The first-order valence-electron chi connectivity index (χ1n) is 10.1. The molecule has 8 heteroatoms. The van der Waals surface area contributed by atoms with Crippen LogP contribution < -0.4 is 10.6 Å². The highest BCUT2D eigenvalue weighted by Crippen LogP contribution is 2.11. The van der Waals surface area contributed by atoms with Gasteiger partial charge in [0.1, 0.15) is 0 Å². The molecule has 1 unspecified atom stereocenters. The molecule has 1 aromatic carbocycles. The number of guanidine groups is 1. The van der Waals surface area contributed by atoms with E-state index in [0.717, 1.165) is 50.5 Å². The maximum atomic E-state index is 11.9. The van der Waals surface area contributed by atoms with Crippen LogP contribution in [0, 0.1) is 0 Å². The number of rotatable bonds is 10. The number of hydrogen-bond donors (Lipinski definition) is 2. The lowest BCUT2D eigenvalue weighted by atomic mass is 10.1. The largest absolute Gasteiger partial charge is 0.379 e. The molecule has 0 bridgehead atoms. The van der Waals surface area contributed by atoms with Gasteiger partial charge in [0.25, 0.3) is 5.91 Å². The minimum atomic E-state index is 0. The molecule has 1 aliphatic rings. The summed E-state index contributed by atoms with van der Waals surface area (Å²) in [7, 11) is 3.50. The summed E-state index contributed by atoms with van der Waals surface area (Å²) in [5.74, 6) is 0.793. The van der Waals surface area contributed by atoms with Gasteiger partial charge in [0.05, 0.1) is 19.3 Å². The van der Waals surface area contributed by atoms with Crippen molar-refractivity contribution in [1.82, 2.24) is 15.5 Å². The van der Waals surface area contributed by atoms with Crippen LogP contribution in [0.3, 0.4) is 0 Å². The number of carbonyl (C=O) groups is 1. The fourth-order valence-corrected chi connectivity index (χ4v) is 2.89. The van der Waals surface area contributed by atoms with Crippen molar-refractivity contribution in [2.75, 3.05) is 47.0 Å². The number of aliphatic imine (C=N–C) groups is 1. The van der Waals surface area contributed by atoms with Crippen molar-refractivity contribution in [2.24, 2.45) is 4.99 Å². The van der Waals surface area contributed by atoms with E-state index in [-0.39, 0.29) is 36.0 Å². The van der Waals surface area contributed by atoms with Gasteiger partial charge in [0, 0.05) is 46.0 Å². The van der Waals surface area contributed by atoms with Gasteiger partial charge in [-0.25, -0.2) is 4.99 Å². The predicted molar refractivity (Wildman–Crippen MR) is 127 cm³/mol. The summed E-state index contributed by atoms with van der Waals surface area (Å²) in [6.07, 6.45) is 3.46. The summed E-state index contributed by atoms with van der Waals surface area (Å²) >= 11 is 0. The molecule has 0 spiro atoms. The van der Waals surface area contributed by atoms with Gasteiger partial charge < -0.3 is 25.0 Å². The lowest BCUT2D eigenvalue weighted by Gasteiger charge is -2.13. The van der Waals surface area contributed by atoms with E-state index >= 15 is 0 Å². The van der Waals surface area contributed by atoms with Crippen LogP contribution in [0.1, 0.15) is 42.1 Å². The number of amides is 1. The zero-order valence-corrected chi connectivity index (χ0v) is 20.1. The summed E-state index contributed by atoms with van der Waals surface area (Å²) in [6, 6.07) is 7.59.